The van der Waals surface area contributed by atoms with Crippen molar-refractivity contribution in [2.75, 3.05) is 14.2 Å². The van der Waals surface area contributed by atoms with Crippen molar-refractivity contribution in [3.05, 3.63) is 50.1 Å². The highest BCUT2D eigenvalue weighted by Crippen LogP contribution is 2.25. The first-order valence-corrected chi connectivity index (χ1v) is 7.83. The molecule has 0 fully saturated rings. The van der Waals surface area contributed by atoms with Gasteiger partial charge in [-0.3, -0.25) is 0 Å². The van der Waals surface area contributed by atoms with Crippen molar-refractivity contribution in [1.82, 2.24) is 0 Å². The summed E-state index contributed by atoms with van der Waals surface area (Å²) in [5.41, 5.74) is 0.459. The molecule has 0 atom stereocenters. The number of carbonyl (C=O) groups excluding carboxylic acids is 2. The van der Waals surface area contributed by atoms with Crippen LogP contribution in [0.1, 0.15) is 25.6 Å². The maximum absolute atomic E-state index is 11.7. The van der Waals surface area contributed by atoms with Crippen molar-refractivity contribution in [3.8, 4) is 5.75 Å². The van der Waals surface area contributed by atoms with Crippen molar-refractivity contribution in [2.45, 2.75) is 6.61 Å². The van der Waals surface area contributed by atoms with Crippen LogP contribution < -0.4 is 4.74 Å². The molecule has 0 aliphatic carbocycles. The lowest BCUT2D eigenvalue weighted by molar-refractivity contribution is 0.0598. The molecule has 7 heteroatoms. The van der Waals surface area contributed by atoms with E-state index in [0.717, 1.165) is 8.66 Å². The quantitative estimate of drug-likeness (QED) is 0.736. The zero-order valence-electron chi connectivity index (χ0n) is 11.9. The molecule has 1 aromatic heterocycles. The van der Waals surface area contributed by atoms with E-state index in [1.165, 1.54) is 32.4 Å². The Hall–Kier alpha value is -1.86. The third-order valence-electron chi connectivity index (χ3n) is 2.76. The molecule has 22 heavy (non-hydrogen) atoms. The van der Waals surface area contributed by atoms with E-state index in [1.54, 1.807) is 11.3 Å². The summed E-state index contributed by atoms with van der Waals surface area (Å²) in [6.07, 6.45) is 0. The normalized spacial score (nSPS) is 10.1. The Balaban J connectivity index is 2.24. The van der Waals surface area contributed by atoms with Gasteiger partial charge < -0.3 is 14.2 Å². The number of hydrogen-bond acceptors (Lipinski definition) is 6. The topological polar surface area (TPSA) is 61.8 Å². The molecule has 0 radical (unpaired) electrons. The Labute approximate surface area is 139 Å². The van der Waals surface area contributed by atoms with E-state index < -0.39 is 11.9 Å². The largest absolute Gasteiger partial charge is 0.488 e. The summed E-state index contributed by atoms with van der Waals surface area (Å²) in [5.74, 6) is -0.697. The zero-order chi connectivity index (χ0) is 16.1. The number of esters is 2. The van der Waals surface area contributed by atoms with Gasteiger partial charge in [0.15, 0.2) is 0 Å². The van der Waals surface area contributed by atoms with Crippen LogP contribution in [0.5, 0.6) is 5.75 Å². The van der Waals surface area contributed by atoms with Crippen LogP contribution in [0, 0.1) is 0 Å². The standard InChI is InChI=1S/C15H13BrO5S/c1-19-14(17)9-5-10(15(18)20-2)7-11(6-9)21-8-12-3-4-13(16)22-12/h3-7H,8H2,1-2H3. The molecule has 1 heterocycles. The zero-order valence-corrected chi connectivity index (χ0v) is 14.3. The number of thiophene rings is 1. The van der Waals surface area contributed by atoms with E-state index in [4.69, 9.17) is 4.74 Å². The fourth-order valence-corrected chi connectivity index (χ4v) is 3.13. The maximum atomic E-state index is 11.7. The summed E-state index contributed by atoms with van der Waals surface area (Å²) in [5, 5.41) is 0. The van der Waals surface area contributed by atoms with Gasteiger partial charge in [-0.1, -0.05) is 0 Å². The average molecular weight is 385 g/mol. The first-order valence-electron chi connectivity index (χ1n) is 6.22. The monoisotopic (exact) mass is 384 g/mol. The van der Waals surface area contributed by atoms with Gasteiger partial charge in [-0.2, -0.15) is 0 Å². The molecule has 0 amide bonds. The second kappa shape index (κ2) is 7.42. The Morgan fingerprint density at radius 1 is 1.05 bits per heavy atom. The minimum atomic E-state index is -0.547. The van der Waals surface area contributed by atoms with Gasteiger partial charge in [0.05, 0.1) is 29.1 Å². The van der Waals surface area contributed by atoms with Crippen molar-refractivity contribution in [1.29, 1.82) is 0 Å². The molecule has 116 valence electrons. The summed E-state index contributed by atoms with van der Waals surface area (Å²) in [7, 11) is 2.55. The summed E-state index contributed by atoms with van der Waals surface area (Å²) < 4.78 is 16.0. The Morgan fingerprint density at radius 3 is 2.09 bits per heavy atom. The summed E-state index contributed by atoms with van der Waals surface area (Å²) in [4.78, 5) is 24.4. The second-order valence-electron chi connectivity index (χ2n) is 4.22. The molecule has 0 saturated heterocycles. The van der Waals surface area contributed by atoms with Gasteiger partial charge in [0.25, 0.3) is 0 Å². The lowest BCUT2D eigenvalue weighted by Crippen LogP contribution is -2.07. The molecule has 5 nitrogen and oxygen atoms in total. The SMILES string of the molecule is COC(=O)c1cc(OCc2ccc(Br)s2)cc(C(=O)OC)c1. The molecule has 1 aromatic carbocycles. The Morgan fingerprint density at radius 2 is 1.64 bits per heavy atom. The van der Waals surface area contributed by atoms with E-state index in [1.807, 2.05) is 12.1 Å². The molecule has 0 bridgehead atoms. The lowest BCUT2D eigenvalue weighted by atomic mass is 10.1. The number of benzene rings is 1. The minimum absolute atomic E-state index is 0.229. The first-order chi connectivity index (χ1) is 10.5. The number of rotatable bonds is 5. The molecule has 2 aromatic rings. The molecule has 0 N–H and O–H groups in total. The van der Waals surface area contributed by atoms with Crippen LogP contribution in [0.25, 0.3) is 0 Å². The van der Waals surface area contributed by atoms with E-state index in [0.29, 0.717) is 12.4 Å². The van der Waals surface area contributed by atoms with Crippen molar-refractivity contribution in [3.63, 3.8) is 0 Å². The van der Waals surface area contributed by atoms with Gasteiger partial charge in [0.1, 0.15) is 12.4 Å². The predicted molar refractivity (Wildman–Crippen MR) is 85.5 cm³/mol. The number of ether oxygens (including phenoxy) is 3. The van der Waals surface area contributed by atoms with E-state index in [2.05, 4.69) is 25.4 Å². The highest BCUT2D eigenvalue weighted by atomic mass is 79.9. The summed E-state index contributed by atoms with van der Waals surface area (Å²) in [6.45, 7) is 0.335. The Kier molecular flexibility index (Phi) is 5.57. The molecule has 0 aliphatic rings. The lowest BCUT2D eigenvalue weighted by Gasteiger charge is -2.09. The molecular weight excluding hydrogens is 372 g/mol. The van der Waals surface area contributed by atoms with Crippen LogP contribution in [0.2, 0.25) is 0 Å². The van der Waals surface area contributed by atoms with Crippen LogP contribution in [-0.2, 0) is 16.1 Å². The molecule has 0 unspecified atom stereocenters. The second-order valence-corrected chi connectivity index (χ2v) is 6.77. The smallest absolute Gasteiger partial charge is 0.338 e. The third-order valence-corrected chi connectivity index (χ3v) is 4.36. The minimum Gasteiger partial charge on any atom is -0.488 e. The van der Waals surface area contributed by atoms with E-state index >= 15 is 0 Å². The molecule has 0 aliphatic heterocycles. The van der Waals surface area contributed by atoms with Gasteiger partial charge in [0.2, 0.25) is 0 Å². The van der Waals surface area contributed by atoms with Gasteiger partial charge in [0, 0.05) is 4.88 Å². The highest BCUT2D eigenvalue weighted by Gasteiger charge is 2.14. The fourth-order valence-electron chi connectivity index (χ4n) is 1.74. The van der Waals surface area contributed by atoms with Crippen molar-refractivity contribution < 1.29 is 23.8 Å². The summed E-state index contributed by atoms with van der Waals surface area (Å²) in [6, 6.07) is 8.32. The van der Waals surface area contributed by atoms with Crippen LogP contribution in [0.4, 0.5) is 0 Å². The van der Waals surface area contributed by atoms with Crippen LogP contribution >= 0.6 is 27.3 Å². The van der Waals surface area contributed by atoms with Gasteiger partial charge in [-0.25, -0.2) is 9.59 Å². The van der Waals surface area contributed by atoms with Crippen LogP contribution in [0.3, 0.4) is 0 Å². The van der Waals surface area contributed by atoms with Gasteiger partial charge in [-0.15, -0.1) is 11.3 Å². The third kappa shape index (κ3) is 4.08. The molecule has 0 saturated carbocycles. The number of hydrogen-bond donors (Lipinski definition) is 0. The van der Waals surface area contributed by atoms with Crippen molar-refractivity contribution >= 4 is 39.2 Å². The summed E-state index contributed by atoms with van der Waals surface area (Å²) >= 11 is 4.92. The van der Waals surface area contributed by atoms with E-state index in [-0.39, 0.29) is 11.1 Å². The Bertz CT molecular complexity index is 661. The molecule has 0 spiro atoms. The predicted octanol–water partition coefficient (Wildman–Crippen LogP) is 3.66. The van der Waals surface area contributed by atoms with Gasteiger partial charge >= 0.3 is 11.9 Å². The number of halogens is 1. The average Bonchev–Trinajstić information content (AvgIpc) is 2.96. The highest BCUT2D eigenvalue weighted by molar-refractivity contribution is 9.11. The van der Waals surface area contributed by atoms with Crippen LogP contribution in [-0.4, -0.2) is 26.2 Å². The fraction of sp³-hybridized carbons (Fsp3) is 0.200. The van der Waals surface area contributed by atoms with Crippen LogP contribution in [0.15, 0.2) is 34.1 Å². The molecular formula is C15H13BrO5S. The number of methoxy groups -OCH3 is 2. The molecule has 2 rings (SSSR count). The van der Waals surface area contributed by atoms with Gasteiger partial charge in [-0.05, 0) is 46.3 Å². The van der Waals surface area contributed by atoms with E-state index in [9.17, 15) is 9.59 Å². The first kappa shape index (κ1) is 16.5. The van der Waals surface area contributed by atoms with Crippen molar-refractivity contribution in [2.24, 2.45) is 0 Å². The maximum Gasteiger partial charge on any atom is 0.338 e. The number of carbonyl (C=O) groups is 2.